The molecule has 0 fully saturated rings. The summed E-state index contributed by atoms with van der Waals surface area (Å²) in [5, 5.41) is 4.16. The molecule has 0 amide bonds. The maximum atomic E-state index is 12.6. The quantitative estimate of drug-likeness (QED) is 0.534. The first kappa shape index (κ1) is 18.2. The summed E-state index contributed by atoms with van der Waals surface area (Å²) in [6.45, 7) is 0.808. The van der Waals surface area contributed by atoms with E-state index in [1.165, 1.54) is 16.7 Å². The molecule has 0 saturated heterocycles. The molecule has 2 heterocycles. The van der Waals surface area contributed by atoms with Gasteiger partial charge in [0, 0.05) is 32.1 Å². The van der Waals surface area contributed by atoms with Gasteiger partial charge >= 0.3 is 5.76 Å². The number of fused-ring (bicyclic) bond motifs is 1. The average Bonchev–Trinajstić information content (AvgIpc) is 3.29. The van der Waals surface area contributed by atoms with Gasteiger partial charge in [0.2, 0.25) is 10.0 Å². The van der Waals surface area contributed by atoms with Crippen molar-refractivity contribution in [2.75, 3.05) is 0 Å². The molecule has 0 spiro atoms. The van der Waals surface area contributed by atoms with E-state index in [4.69, 9.17) is 4.42 Å². The number of hydrogen-bond donors (Lipinski definition) is 1. The maximum Gasteiger partial charge on any atom is 0.419 e. The van der Waals surface area contributed by atoms with Crippen molar-refractivity contribution < 1.29 is 12.8 Å². The van der Waals surface area contributed by atoms with Crippen molar-refractivity contribution in [1.29, 1.82) is 0 Å². The zero-order valence-electron chi connectivity index (χ0n) is 15.1. The first-order chi connectivity index (χ1) is 13.4. The molecule has 2 aromatic carbocycles. The Balaban J connectivity index is 1.47. The molecule has 2 aromatic heterocycles. The molecule has 8 nitrogen and oxygen atoms in total. The lowest BCUT2D eigenvalue weighted by Gasteiger charge is -2.08. The smallest absolute Gasteiger partial charge is 0.408 e. The van der Waals surface area contributed by atoms with Crippen LogP contribution >= 0.6 is 0 Å². The largest absolute Gasteiger partial charge is 0.419 e. The molecular formula is C19H18N4O4S. The lowest BCUT2D eigenvalue weighted by atomic mass is 10.1. The van der Waals surface area contributed by atoms with Crippen LogP contribution in [0.3, 0.4) is 0 Å². The summed E-state index contributed by atoms with van der Waals surface area (Å²) in [4.78, 5) is 11.6. The molecule has 4 aromatic rings. The van der Waals surface area contributed by atoms with Crippen molar-refractivity contribution in [1.82, 2.24) is 19.1 Å². The van der Waals surface area contributed by atoms with E-state index >= 15 is 0 Å². The van der Waals surface area contributed by atoms with Crippen molar-refractivity contribution in [3.05, 3.63) is 82.6 Å². The van der Waals surface area contributed by atoms with Crippen LogP contribution in [0, 0.1) is 0 Å². The summed E-state index contributed by atoms with van der Waals surface area (Å²) < 4.78 is 35.9. The van der Waals surface area contributed by atoms with Crippen LogP contribution in [0.25, 0.3) is 11.1 Å². The van der Waals surface area contributed by atoms with Crippen LogP contribution in [0.15, 0.2) is 75.0 Å². The maximum absolute atomic E-state index is 12.6. The predicted octanol–water partition coefficient (Wildman–Crippen LogP) is 1.85. The Bertz CT molecular complexity index is 1270. The summed E-state index contributed by atoms with van der Waals surface area (Å²) in [7, 11) is -2.17. The highest BCUT2D eigenvalue weighted by molar-refractivity contribution is 7.89. The summed E-state index contributed by atoms with van der Waals surface area (Å²) >= 11 is 0. The zero-order valence-corrected chi connectivity index (χ0v) is 15.9. The van der Waals surface area contributed by atoms with Crippen LogP contribution in [-0.4, -0.2) is 22.8 Å². The second-order valence-electron chi connectivity index (χ2n) is 6.40. The van der Waals surface area contributed by atoms with Gasteiger partial charge in [0.1, 0.15) is 0 Å². The van der Waals surface area contributed by atoms with Gasteiger partial charge in [-0.1, -0.05) is 24.3 Å². The Kier molecular flexibility index (Phi) is 4.62. The molecule has 0 unspecified atom stereocenters. The summed E-state index contributed by atoms with van der Waals surface area (Å²) in [6.07, 6.45) is 3.61. The van der Waals surface area contributed by atoms with E-state index < -0.39 is 15.8 Å². The van der Waals surface area contributed by atoms with Gasteiger partial charge < -0.3 is 4.42 Å². The average molecular weight is 398 g/mol. The Labute approximate surface area is 161 Å². The molecule has 0 aliphatic carbocycles. The number of oxazole rings is 1. The minimum absolute atomic E-state index is 0.0460. The van der Waals surface area contributed by atoms with Crippen molar-refractivity contribution in [2.24, 2.45) is 7.05 Å². The second-order valence-corrected chi connectivity index (χ2v) is 8.17. The highest BCUT2D eigenvalue weighted by atomic mass is 32.2. The molecule has 0 aliphatic heterocycles. The van der Waals surface area contributed by atoms with Gasteiger partial charge in [-0.2, -0.15) is 5.10 Å². The third kappa shape index (κ3) is 3.62. The van der Waals surface area contributed by atoms with Crippen LogP contribution < -0.4 is 10.5 Å². The van der Waals surface area contributed by atoms with Crippen molar-refractivity contribution in [2.45, 2.75) is 18.0 Å². The van der Waals surface area contributed by atoms with Gasteiger partial charge in [-0.05, 0) is 29.3 Å². The third-order valence-electron chi connectivity index (χ3n) is 4.47. The van der Waals surface area contributed by atoms with Gasteiger partial charge in [-0.25, -0.2) is 17.9 Å². The highest BCUT2D eigenvalue weighted by Gasteiger charge is 2.16. The number of sulfonamides is 1. The van der Waals surface area contributed by atoms with Gasteiger partial charge in [-0.3, -0.25) is 9.25 Å². The Morgan fingerprint density at radius 2 is 1.86 bits per heavy atom. The monoisotopic (exact) mass is 398 g/mol. The first-order valence-electron chi connectivity index (χ1n) is 8.57. The van der Waals surface area contributed by atoms with Gasteiger partial charge in [0.25, 0.3) is 0 Å². The highest BCUT2D eigenvalue weighted by Crippen LogP contribution is 2.18. The number of aryl methyl sites for hydroxylation is 1. The van der Waals surface area contributed by atoms with E-state index in [1.807, 2.05) is 41.2 Å². The van der Waals surface area contributed by atoms with Crippen molar-refractivity contribution in [3.63, 3.8) is 0 Å². The number of nitrogens with zero attached hydrogens (tertiary/aromatic N) is 3. The molecule has 0 aliphatic rings. The van der Waals surface area contributed by atoms with Gasteiger partial charge in [-0.15, -0.1) is 0 Å². The predicted molar refractivity (Wildman–Crippen MR) is 103 cm³/mol. The van der Waals surface area contributed by atoms with Crippen LogP contribution in [0.4, 0.5) is 0 Å². The molecular weight excluding hydrogens is 380 g/mol. The van der Waals surface area contributed by atoms with E-state index in [0.29, 0.717) is 12.1 Å². The van der Waals surface area contributed by atoms with Crippen molar-refractivity contribution >= 4 is 21.1 Å². The van der Waals surface area contributed by atoms with E-state index in [-0.39, 0.29) is 17.0 Å². The van der Waals surface area contributed by atoms with Gasteiger partial charge in [0.15, 0.2) is 5.58 Å². The number of benzene rings is 2. The topological polar surface area (TPSA) is 99.1 Å². The molecule has 4 rings (SSSR count). The van der Waals surface area contributed by atoms with E-state index in [9.17, 15) is 13.2 Å². The van der Waals surface area contributed by atoms with Crippen LogP contribution in [0.5, 0.6) is 0 Å². The van der Waals surface area contributed by atoms with Crippen molar-refractivity contribution in [3.8, 4) is 0 Å². The lowest BCUT2D eigenvalue weighted by molar-refractivity contribution is 0.527. The third-order valence-corrected chi connectivity index (χ3v) is 5.87. The summed E-state index contributed by atoms with van der Waals surface area (Å²) in [5.41, 5.74) is 2.68. The van der Waals surface area contributed by atoms with Gasteiger partial charge in [0.05, 0.1) is 17.0 Å². The molecule has 0 bridgehead atoms. The Morgan fingerprint density at radius 3 is 2.57 bits per heavy atom. The van der Waals surface area contributed by atoms with Crippen LogP contribution in [-0.2, 0) is 30.2 Å². The fraction of sp³-hybridized carbons (Fsp3) is 0.158. The first-order valence-corrected chi connectivity index (χ1v) is 10.1. The van der Waals surface area contributed by atoms with Crippen LogP contribution in [0.2, 0.25) is 0 Å². The SMILES string of the molecule is Cn1c(=O)oc2cc(S(=O)(=O)NCc3ccc(Cn4cccn4)cc3)ccc21. The fourth-order valence-electron chi connectivity index (χ4n) is 2.89. The van der Waals surface area contributed by atoms with E-state index in [1.54, 1.807) is 19.3 Å². The Hall–Kier alpha value is -3.17. The lowest BCUT2D eigenvalue weighted by Crippen LogP contribution is -2.23. The minimum atomic E-state index is -3.74. The van der Waals surface area contributed by atoms with E-state index in [0.717, 1.165) is 11.1 Å². The molecule has 0 radical (unpaired) electrons. The van der Waals surface area contributed by atoms with Crippen LogP contribution in [0.1, 0.15) is 11.1 Å². The fourth-order valence-corrected chi connectivity index (χ4v) is 3.92. The summed E-state index contributed by atoms with van der Waals surface area (Å²) in [6, 6.07) is 13.9. The standard InChI is InChI=1S/C19H18N4O4S/c1-22-17-8-7-16(11-18(17)27-19(22)24)28(25,26)21-12-14-3-5-15(6-4-14)13-23-10-2-9-20-23/h2-11,21H,12-13H2,1H3. The normalized spacial score (nSPS) is 11.9. The number of rotatable bonds is 6. The minimum Gasteiger partial charge on any atom is -0.408 e. The number of hydrogen-bond acceptors (Lipinski definition) is 5. The molecule has 144 valence electrons. The molecule has 28 heavy (non-hydrogen) atoms. The molecule has 0 atom stereocenters. The molecule has 9 heteroatoms. The number of nitrogens with one attached hydrogen (secondary N) is 1. The van der Waals surface area contributed by atoms with E-state index in [2.05, 4.69) is 9.82 Å². The zero-order chi connectivity index (χ0) is 19.7. The second kappa shape index (κ2) is 7.10. The summed E-state index contributed by atoms with van der Waals surface area (Å²) in [5.74, 6) is -0.535. The Morgan fingerprint density at radius 1 is 1.11 bits per heavy atom. The molecule has 1 N–H and O–H groups in total. The number of aromatic nitrogens is 3. The molecule has 0 saturated carbocycles.